The summed E-state index contributed by atoms with van der Waals surface area (Å²) >= 11 is 5.85. The number of hydrogen-bond acceptors (Lipinski definition) is 3. The summed E-state index contributed by atoms with van der Waals surface area (Å²) in [6, 6.07) is 8.73. The van der Waals surface area contributed by atoms with Crippen LogP contribution >= 0.6 is 11.6 Å². The van der Waals surface area contributed by atoms with Gasteiger partial charge in [0.25, 0.3) is 5.91 Å². The van der Waals surface area contributed by atoms with Gasteiger partial charge in [0.2, 0.25) is 0 Å². The van der Waals surface area contributed by atoms with Crippen LogP contribution in [0.25, 0.3) is 0 Å². The normalized spacial score (nSPS) is 11.8. The van der Waals surface area contributed by atoms with Crippen molar-refractivity contribution in [2.45, 2.75) is 13.0 Å². The van der Waals surface area contributed by atoms with E-state index in [0.29, 0.717) is 17.1 Å². The Balaban J connectivity index is 2.25. The van der Waals surface area contributed by atoms with Crippen molar-refractivity contribution in [1.82, 2.24) is 10.3 Å². The number of hydrogen-bond donors (Lipinski definition) is 2. The second-order valence-electron chi connectivity index (χ2n) is 4.47. The van der Waals surface area contributed by atoms with Crippen LogP contribution < -0.4 is 10.1 Å². The Kier molecular flexibility index (Phi) is 4.65. The molecule has 110 valence electrons. The number of nitrogens with one attached hydrogen (secondary N) is 2. The Bertz CT molecular complexity index is 649. The fraction of sp³-hybridized carbons (Fsp3) is 0.200. The number of ether oxygens (including phenoxy) is 1. The standard InChI is InChI=1S/C15H15ClN2O3/c1-9(10-3-5-11(16)6-4-10)21-13-7-12(8-19)18-14(13)15(20)17-2/h3-9,18H,1-2H3,(H,17,20)/t9-/m0/s1. The van der Waals surface area contributed by atoms with E-state index in [1.165, 1.54) is 13.1 Å². The van der Waals surface area contributed by atoms with E-state index in [9.17, 15) is 9.59 Å². The SMILES string of the molecule is CNC(=O)c1[nH]c(C=O)cc1O[C@@H](C)c1ccc(Cl)cc1. The molecule has 0 saturated carbocycles. The second-order valence-corrected chi connectivity index (χ2v) is 4.91. The molecule has 0 aliphatic heterocycles. The zero-order chi connectivity index (χ0) is 15.4. The highest BCUT2D eigenvalue weighted by atomic mass is 35.5. The lowest BCUT2D eigenvalue weighted by Crippen LogP contribution is -2.19. The lowest BCUT2D eigenvalue weighted by atomic mass is 10.1. The van der Waals surface area contributed by atoms with E-state index in [1.54, 1.807) is 12.1 Å². The third-order valence-corrected chi connectivity index (χ3v) is 3.28. The van der Waals surface area contributed by atoms with Gasteiger partial charge in [-0.3, -0.25) is 9.59 Å². The molecule has 2 N–H and O–H groups in total. The Morgan fingerprint density at radius 2 is 2.05 bits per heavy atom. The summed E-state index contributed by atoms with van der Waals surface area (Å²) in [5.41, 5.74) is 1.42. The summed E-state index contributed by atoms with van der Waals surface area (Å²) in [7, 11) is 1.51. The van der Waals surface area contributed by atoms with Crippen LogP contribution in [0.15, 0.2) is 30.3 Å². The quantitative estimate of drug-likeness (QED) is 0.834. The van der Waals surface area contributed by atoms with Crippen LogP contribution in [0.1, 0.15) is 39.6 Å². The average molecular weight is 307 g/mol. The van der Waals surface area contributed by atoms with Gasteiger partial charge < -0.3 is 15.0 Å². The third-order valence-electron chi connectivity index (χ3n) is 3.03. The van der Waals surface area contributed by atoms with Gasteiger partial charge >= 0.3 is 0 Å². The number of aldehydes is 1. The summed E-state index contributed by atoms with van der Waals surface area (Å²) in [6.07, 6.45) is 0.340. The molecule has 5 nitrogen and oxygen atoms in total. The number of rotatable bonds is 5. The minimum Gasteiger partial charge on any atom is -0.484 e. The monoisotopic (exact) mass is 306 g/mol. The zero-order valence-electron chi connectivity index (χ0n) is 11.6. The number of H-pyrrole nitrogens is 1. The molecule has 0 fully saturated rings. The maximum absolute atomic E-state index is 11.8. The van der Waals surface area contributed by atoms with Crippen LogP contribution in [-0.2, 0) is 0 Å². The number of carbonyl (C=O) groups excluding carboxylic acids is 2. The average Bonchev–Trinajstić information content (AvgIpc) is 2.90. The molecule has 0 saturated heterocycles. The van der Waals surface area contributed by atoms with Crippen LogP contribution in [0, 0.1) is 0 Å². The molecule has 2 aromatic rings. The minimum atomic E-state index is -0.346. The molecule has 0 aliphatic rings. The van der Waals surface area contributed by atoms with Crippen molar-refractivity contribution >= 4 is 23.8 Å². The van der Waals surface area contributed by atoms with Crippen LogP contribution in [0.5, 0.6) is 5.75 Å². The van der Waals surface area contributed by atoms with Crippen LogP contribution in [0.4, 0.5) is 0 Å². The summed E-state index contributed by atoms with van der Waals surface area (Å²) in [5.74, 6) is -0.0136. The van der Waals surface area contributed by atoms with Gasteiger partial charge in [-0.1, -0.05) is 23.7 Å². The van der Waals surface area contributed by atoms with E-state index in [4.69, 9.17) is 16.3 Å². The topological polar surface area (TPSA) is 71.2 Å². The largest absolute Gasteiger partial charge is 0.484 e. The molecular weight excluding hydrogens is 292 g/mol. The third kappa shape index (κ3) is 3.44. The van der Waals surface area contributed by atoms with Gasteiger partial charge in [0.05, 0.1) is 5.69 Å². The predicted octanol–water partition coefficient (Wildman–Crippen LogP) is 2.98. The van der Waals surface area contributed by atoms with Crippen LogP contribution in [0.2, 0.25) is 5.02 Å². The number of benzene rings is 1. The zero-order valence-corrected chi connectivity index (χ0v) is 12.4. The lowest BCUT2D eigenvalue weighted by Gasteiger charge is -2.15. The predicted molar refractivity (Wildman–Crippen MR) is 80.1 cm³/mol. The van der Waals surface area contributed by atoms with Crippen LogP contribution in [0.3, 0.4) is 0 Å². The van der Waals surface area contributed by atoms with Crippen molar-refractivity contribution in [2.75, 3.05) is 7.05 Å². The van der Waals surface area contributed by atoms with Gasteiger partial charge in [0.1, 0.15) is 11.8 Å². The van der Waals surface area contributed by atoms with Crippen molar-refractivity contribution in [2.24, 2.45) is 0 Å². The molecule has 0 radical (unpaired) electrons. The van der Waals surface area contributed by atoms with E-state index >= 15 is 0 Å². The van der Waals surface area contributed by atoms with Crippen molar-refractivity contribution in [3.8, 4) is 5.75 Å². The number of carbonyl (C=O) groups is 2. The maximum atomic E-state index is 11.8. The van der Waals surface area contributed by atoms with Gasteiger partial charge in [0, 0.05) is 18.1 Å². The Morgan fingerprint density at radius 1 is 1.38 bits per heavy atom. The first kappa shape index (κ1) is 15.1. The molecule has 1 aromatic heterocycles. The number of aromatic amines is 1. The van der Waals surface area contributed by atoms with Gasteiger partial charge in [-0.25, -0.2) is 0 Å². The highest BCUT2D eigenvalue weighted by molar-refractivity contribution is 6.30. The molecule has 6 heteroatoms. The first-order valence-corrected chi connectivity index (χ1v) is 6.75. The summed E-state index contributed by atoms with van der Waals surface area (Å²) in [5, 5.41) is 3.14. The Morgan fingerprint density at radius 3 is 2.62 bits per heavy atom. The molecule has 0 unspecified atom stereocenters. The van der Waals surface area contributed by atoms with Crippen molar-refractivity contribution in [3.05, 3.63) is 52.3 Å². The molecule has 1 amide bonds. The van der Waals surface area contributed by atoms with Crippen molar-refractivity contribution in [1.29, 1.82) is 0 Å². The first-order chi connectivity index (χ1) is 10.0. The Labute approximate surface area is 127 Å². The molecule has 21 heavy (non-hydrogen) atoms. The molecule has 0 spiro atoms. The molecule has 1 heterocycles. The second kappa shape index (κ2) is 6.45. The van der Waals surface area contributed by atoms with Crippen molar-refractivity contribution in [3.63, 3.8) is 0 Å². The fourth-order valence-electron chi connectivity index (χ4n) is 1.90. The van der Waals surface area contributed by atoms with Crippen LogP contribution in [-0.4, -0.2) is 24.2 Å². The fourth-order valence-corrected chi connectivity index (χ4v) is 2.02. The molecule has 1 atom stereocenters. The Hall–Kier alpha value is -2.27. The maximum Gasteiger partial charge on any atom is 0.271 e. The van der Waals surface area contributed by atoms with Gasteiger partial charge in [-0.15, -0.1) is 0 Å². The molecule has 2 rings (SSSR count). The highest BCUT2D eigenvalue weighted by Crippen LogP contribution is 2.26. The molecule has 0 bridgehead atoms. The van der Waals surface area contributed by atoms with Gasteiger partial charge in [-0.05, 0) is 24.6 Å². The van der Waals surface area contributed by atoms with Gasteiger partial charge in [-0.2, -0.15) is 0 Å². The number of amides is 1. The number of halogens is 1. The minimum absolute atomic E-state index is 0.223. The molecular formula is C15H15ClN2O3. The highest BCUT2D eigenvalue weighted by Gasteiger charge is 2.18. The van der Waals surface area contributed by atoms with Crippen molar-refractivity contribution < 1.29 is 14.3 Å². The first-order valence-electron chi connectivity index (χ1n) is 6.37. The van der Waals surface area contributed by atoms with E-state index < -0.39 is 0 Å². The summed E-state index contributed by atoms with van der Waals surface area (Å²) in [6.45, 7) is 1.85. The van der Waals surface area contributed by atoms with Gasteiger partial charge in [0.15, 0.2) is 12.0 Å². The molecule has 0 aliphatic carbocycles. The van der Waals surface area contributed by atoms with E-state index in [-0.39, 0.29) is 23.4 Å². The molecule has 1 aromatic carbocycles. The van der Waals surface area contributed by atoms with E-state index in [2.05, 4.69) is 10.3 Å². The number of aromatic nitrogens is 1. The summed E-state index contributed by atoms with van der Waals surface area (Å²) in [4.78, 5) is 25.3. The summed E-state index contributed by atoms with van der Waals surface area (Å²) < 4.78 is 5.78. The van der Waals surface area contributed by atoms with E-state index in [1.807, 2.05) is 19.1 Å². The lowest BCUT2D eigenvalue weighted by molar-refractivity contribution is 0.0952. The smallest absolute Gasteiger partial charge is 0.271 e. The van der Waals surface area contributed by atoms with E-state index in [0.717, 1.165) is 5.56 Å².